The molecule has 0 fully saturated rings. The largest absolute Gasteiger partial charge is 0.359 e. The zero-order valence-corrected chi connectivity index (χ0v) is 16.6. The maximum atomic E-state index is 13.3. The normalized spacial score (nSPS) is 12.1. The van der Waals surface area contributed by atoms with Crippen molar-refractivity contribution < 1.29 is 22.0 Å². The Balaban J connectivity index is 1.64. The maximum Gasteiger partial charge on any atom is 0.263 e. The van der Waals surface area contributed by atoms with Gasteiger partial charge in [0.15, 0.2) is 11.6 Å². The van der Waals surface area contributed by atoms with Gasteiger partial charge in [-0.25, -0.2) is 22.2 Å². The van der Waals surface area contributed by atoms with Crippen LogP contribution in [0.3, 0.4) is 0 Å². The van der Waals surface area contributed by atoms with Crippen molar-refractivity contribution in [2.24, 2.45) is 0 Å². The number of carbonyl (C=O) groups is 1. The van der Waals surface area contributed by atoms with Gasteiger partial charge in [0, 0.05) is 18.0 Å². The molecule has 0 aliphatic rings. The third-order valence-corrected chi connectivity index (χ3v) is 5.38. The molecule has 0 bridgehead atoms. The van der Waals surface area contributed by atoms with E-state index in [2.05, 4.69) is 20.3 Å². The van der Waals surface area contributed by atoms with Gasteiger partial charge >= 0.3 is 0 Å². The minimum atomic E-state index is -4.05. The van der Waals surface area contributed by atoms with Crippen molar-refractivity contribution in [3.8, 4) is 0 Å². The molecule has 1 atom stereocenters. The van der Waals surface area contributed by atoms with Crippen LogP contribution >= 0.6 is 0 Å². The lowest BCUT2D eigenvalue weighted by Gasteiger charge is -2.15. The van der Waals surface area contributed by atoms with Crippen LogP contribution in [0.25, 0.3) is 0 Å². The van der Waals surface area contributed by atoms with E-state index in [4.69, 9.17) is 0 Å². The molecule has 1 unspecified atom stereocenters. The third kappa shape index (κ3) is 5.29. The van der Waals surface area contributed by atoms with Crippen LogP contribution in [-0.2, 0) is 14.8 Å². The number of amides is 1. The van der Waals surface area contributed by atoms with Crippen LogP contribution in [-0.4, -0.2) is 25.4 Å². The van der Waals surface area contributed by atoms with Crippen molar-refractivity contribution in [1.29, 1.82) is 0 Å². The fourth-order valence-electron chi connectivity index (χ4n) is 2.46. The van der Waals surface area contributed by atoms with Crippen molar-refractivity contribution >= 4 is 33.1 Å². The number of nitrogens with zero attached hydrogens (tertiary/aromatic N) is 1. The zero-order chi connectivity index (χ0) is 21.7. The number of hydrogen-bond donors (Lipinski definition) is 3. The molecule has 10 heteroatoms. The second kappa shape index (κ2) is 8.87. The molecule has 3 rings (SSSR count). The molecule has 0 spiro atoms. The number of hydrogen-bond acceptors (Lipinski definition) is 5. The fraction of sp³-hybridized carbons (Fsp3) is 0.100. The average Bonchev–Trinajstić information content (AvgIpc) is 2.71. The fourth-order valence-corrected chi connectivity index (χ4v) is 3.45. The quantitative estimate of drug-likeness (QED) is 0.530. The molecular weight excluding hydrogens is 414 g/mol. The van der Waals surface area contributed by atoms with E-state index in [0.29, 0.717) is 5.69 Å². The van der Waals surface area contributed by atoms with Crippen molar-refractivity contribution in [1.82, 2.24) is 4.98 Å². The molecule has 1 aromatic heterocycles. The van der Waals surface area contributed by atoms with Gasteiger partial charge in [-0.2, -0.15) is 0 Å². The molecular formula is C20H18F2N4O3S. The minimum Gasteiger partial charge on any atom is -0.359 e. The number of anilines is 3. The van der Waals surface area contributed by atoms with E-state index in [1.807, 2.05) is 6.07 Å². The van der Waals surface area contributed by atoms with Gasteiger partial charge in [-0.05, 0) is 43.3 Å². The second-order valence-corrected chi connectivity index (χ2v) is 8.02. The lowest BCUT2D eigenvalue weighted by atomic mass is 10.2. The Morgan fingerprint density at radius 1 is 0.967 bits per heavy atom. The van der Waals surface area contributed by atoms with Crippen molar-refractivity contribution in [3.05, 3.63) is 78.5 Å². The SMILES string of the molecule is CC(Nc1ccc(S(=O)(=O)Nc2ccc(F)c(F)c2)cn1)C(=O)Nc1ccccc1. The van der Waals surface area contributed by atoms with E-state index in [1.54, 1.807) is 31.2 Å². The van der Waals surface area contributed by atoms with Gasteiger partial charge in [-0.1, -0.05) is 18.2 Å². The zero-order valence-electron chi connectivity index (χ0n) is 15.8. The highest BCUT2D eigenvalue weighted by molar-refractivity contribution is 7.92. The Bertz CT molecular complexity index is 1140. The summed E-state index contributed by atoms with van der Waals surface area (Å²) in [4.78, 5) is 16.1. The molecule has 3 aromatic rings. The molecule has 7 nitrogen and oxygen atoms in total. The molecule has 0 aliphatic carbocycles. The summed E-state index contributed by atoms with van der Waals surface area (Å²) in [6.45, 7) is 1.63. The summed E-state index contributed by atoms with van der Waals surface area (Å²) in [6, 6.07) is 13.6. The third-order valence-electron chi connectivity index (χ3n) is 4.02. The lowest BCUT2D eigenvalue weighted by molar-refractivity contribution is -0.116. The van der Waals surface area contributed by atoms with E-state index >= 15 is 0 Å². The van der Waals surface area contributed by atoms with Crippen LogP contribution in [0, 0.1) is 11.6 Å². The summed E-state index contributed by atoms with van der Waals surface area (Å²) < 4.78 is 53.2. The van der Waals surface area contributed by atoms with Gasteiger partial charge in [0.25, 0.3) is 10.0 Å². The molecule has 30 heavy (non-hydrogen) atoms. The first-order chi connectivity index (χ1) is 14.2. The van der Waals surface area contributed by atoms with Gasteiger partial charge < -0.3 is 10.6 Å². The summed E-state index contributed by atoms with van der Waals surface area (Å²) in [5.74, 6) is -2.26. The first kappa shape index (κ1) is 21.2. The summed E-state index contributed by atoms with van der Waals surface area (Å²) >= 11 is 0. The van der Waals surface area contributed by atoms with E-state index in [-0.39, 0.29) is 22.3 Å². The summed E-state index contributed by atoms with van der Waals surface area (Å²) in [5, 5.41) is 5.62. The van der Waals surface area contributed by atoms with E-state index in [9.17, 15) is 22.0 Å². The number of nitrogens with one attached hydrogen (secondary N) is 3. The smallest absolute Gasteiger partial charge is 0.263 e. The highest BCUT2D eigenvalue weighted by Gasteiger charge is 2.17. The number of aromatic nitrogens is 1. The topological polar surface area (TPSA) is 100 Å². The Morgan fingerprint density at radius 2 is 1.70 bits per heavy atom. The first-order valence-corrected chi connectivity index (χ1v) is 10.3. The molecule has 3 N–H and O–H groups in total. The molecule has 0 saturated heterocycles. The molecule has 1 heterocycles. The number of sulfonamides is 1. The summed E-state index contributed by atoms with van der Waals surface area (Å²) in [6.07, 6.45) is 1.09. The van der Waals surface area contributed by atoms with Gasteiger partial charge in [-0.3, -0.25) is 9.52 Å². The summed E-state index contributed by atoms with van der Waals surface area (Å²) in [5.41, 5.74) is 0.524. The molecule has 0 radical (unpaired) electrons. The van der Waals surface area contributed by atoms with Crippen LogP contribution in [0.5, 0.6) is 0 Å². The van der Waals surface area contributed by atoms with Crippen molar-refractivity contribution in [2.45, 2.75) is 17.9 Å². The van der Waals surface area contributed by atoms with Crippen LogP contribution in [0.4, 0.5) is 26.0 Å². The number of para-hydroxylation sites is 1. The molecule has 0 aliphatic heterocycles. The van der Waals surface area contributed by atoms with Gasteiger partial charge in [0.05, 0.1) is 5.69 Å². The monoisotopic (exact) mass is 432 g/mol. The highest BCUT2D eigenvalue weighted by atomic mass is 32.2. The number of halogens is 2. The first-order valence-electron chi connectivity index (χ1n) is 8.81. The van der Waals surface area contributed by atoms with Crippen LogP contribution in [0.15, 0.2) is 71.8 Å². The van der Waals surface area contributed by atoms with Gasteiger partial charge in [0.1, 0.15) is 16.8 Å². The Labute approximate surface area is 172 Å². The number of pyridine rings is 1. The molecule has 156 valence electrons. The number of rotatable bonds is 7. The van der Waals surface area contributed by atoms with Crippen LogP contribution < -0.4 is 15.4 Å². The van der Waals surface area contributed by atoms with E-state index in [1.165, 1.54) is 12.1 Å². The van der Waals surface area contributed by atoms with Crippen LogP contribution in [0.1, 0.15) is 6.92 Å². The lowest BCUT2D eigenvalue weighted by Crippen LogP contribution is -2.32. The minimum absolute atomic E-state index is 0.123. The molecule has 0 saturated carbocycles. The average molecular weight is 432 g/mol. The Morgan fingerprint density at radius 3 is 2.33 bits per heavy atom. The number of benzene rings is 2. The van der Waals surface area contributed by atoms with Crippen molar-refractivity contribution in [2.75, 3.05) is 15.4 Å². The summed E-state index contributed by atoms with van der Waals surface area (Å²) in [7, 11) is -4.05. The van der Waals surface area contributed by atoms with Crippen LogP contribution in [0.2, 0.25) is 0 Å². The predicted molar refractivity (Wildman–Crippen MR) is 110 cm³/mol. The number of carbonyl (C=O) groups excluding carboxylic acids is 1. The maximum absolute atomic E-state index is 13.3. The molecule has 2 aromatic carbocycles. The van der Waals surface area contributed by atoms with Gasteiger partial charge in [0.2, 0.25) is 5.91 Å². The molecule has 1 amide bonds. The standard InChI is InChI=1S/C20H18F2N4O3S/c1-13(20(27)25-14-5-3-2-4-6-14)24-19-10-8-16(12-23-19)30(28,29)26-15-7-9-17(21)18(22)11-15/h2-13,26H,1H3,(H,23,24)(H,25,27). The second-order valence-electron chi connectivity index (χ2n) is 6.33. The highest BCUT2D eigenvalue weighted by Crippen LogP contribution is 2.19. The van der Waals surface area contributed by atoms with E-state index < -0.39 is 27.7 Å². The Hall–Kier alpha value is -3.53. The van der Waals surface area contributed by atoms with E-state index in [0.717, 1.165) is 24.4 Å². The Kier molecular flexibility index (Phi) is 6.26. The predicted octanol–water partition coefficient (Wildman–Crippen LogP) is 3.60. The van der Waals surface area contributed by atoms with Gasteiger partial charge in [-0.15, -0.1) is 0 Å². The van der Waals surface area contributed by atoms with Crippen molar-refractivity contribution in [3.63, 3.8) is 0 Å².